The summed E-state index contributed by atoms with van der Waals surface area (Å²) in [6.45, 7) is 3.50. The average molecular weight is 287 g/mol. The van der Waals surface area contributed by atoms with E-state index in [1.807, 2.05) is 17.9 Å². The molecule has 1 aromatic heterocycles. The molecule has 0 aromatic carbocycles. The SMILES string of the molecule is CCCN(CC(=O)O)Cc1cncc(Br)c1. The quantitative estimate of drug-likeness (QED) is 0.871. The molecule has 0 unspecified atom stereocenters. The van der Waals surface area contributed by atoms with Crippen LogP contribution in [0.5, 0.6) is 0 Å². The summed E-state index contributed by atoms with van der Waals surface area (Å²) in [7, 11) is 0. The molecule has 0 radical (unpaired) electrons. The summed E-state index contributed by atoms with van der Waals surface area (Å²) >= 11 is 3.34. The van der Waals surface area contributed by atoms with Crippen molar-refractivity contribution in [3.63, 3.8) is 0 Å². The molecular formula is C11H15BrN2O2. The van der Waals surface area contributed by atoms with E-state index in [2.05, 4.69) is 20.9 Å². The summed E-state index contributed by atoms with van der Waals surface area (Å²) in [5.41, 5.74) is 1.02. The Labute approximate surface area is 103 Å². The molecule has 0 amide bonds. The summed E-state index contributed by atoms with van der Waals surface area (Å²) < 4.78 is 0.914. The molecule has 0 bridgehead atoms. The molecule has 5 heteroatoms. The van der Waals surface area contributed by atoms with E-state index in [9.17, 15) is 4.79 Å². The number of nitrogens with zero attached hydrogens (tertiary/aromatic N) is 2. The van der Waals surface area contributed by atoms with E-state index in [1.54, 1.807) is 12.4 Å². The van der Waals surface area contributed by atoms with Gasteiger partial charge in [-0.15, -0.1) is 0 Å². The average Bonchev–Trinajstić information content (AvgIpc) is 2.16. The second-order valence-electron chi connectivity index (χ2n) is 3.62. The lowest BCUT2D eigenvalue weighted by Gasteiger charge is -2.19. The van der Waals surface area contributed by atoms with Gasteiger partial charge < -0.3 is 5.11 Å². The van der Waals surface area contributed by atoms with Gasteiger partial charge in [-0.2, -0.15) is 0 Å². The standard InChI is InChI=1S/C11H15BrN2O2/c1-2-3-14(8-11(15)16)7-9-4-10(12)6-13-5-9/h4-6H,2-3,7-8H2,1H3,(H,15,16). The van der Waals surface area contributed by atoms with Gasteiger partial charge in [0.1, 0.15) is 0 Å². The first-order valence-electron chi connectivity index (χ1n) is 5.15. The predicted molar refractivity (Wildman–Crippen MR) is 65.1 cm³/mol. The van der Waals surface area contributed by atoms with Crippen molar-refractivity contribution in [2.45, 2.75) is 19.9 Å². The molecule has 1 N–H and O–H groups in total. The first kappa shape index (κ1) is 13.1. The molecule has 0 aliphatic heterocycles. The topological polar surface area (TPSA) is 53.4 Å². The summed E-state index contributed by atoms with van der Waals surface area (Å²) in [6.07, 6.45) is 4.41. The summed E-state index contributed by atoms with van der Waals surface area (Å²) in [6, 6.07) is 1.96. The summed E-state index contributed by atoms with van der Waals surface area (Å²) in [5, 5.41) is 8.78. The zero-order chi connectivity index (χ0) is 12.0. The van der Waals surface area contributed by atoms with E-state index in [0.717, 1.165) is 23.0 Å². The van der Waals surface area contributed by atoms with Gasteiger partial charge in [-0.05, 0) is 40.5 Å². The van der Waals surface area contributed by atoms with Crippen LogP contribution in [-0.2, 0) is 11.3 Å². The zero-order valence-corrected chi connectivity index (χ0v) is 10.8. The highest BCUT2D eigenvalue weighted by molar-refractivity contribution is 9.10. The molecule has 16 heavy (non-hydrogen) atoms. The second-order valence-corrected chi connectivity index (χ2v) is 4.53. The van der Waals surface area contributed by atoms with Crippen LogP contribution in [0.3, 0.4) is 0 Å². The lowest BCUT2D eigenvalue weighted by atomic mass is 10.2. The maximum Gasteiger partial charge on any atom is 0.317 e. The monoisotopic (exact) mass is 286 g/mol. The van der Waals surface area contributed by atoms with Gasteiger partial charge in [-0.25, -0.2) is 0 Å². The summed E-state index contributed by atoms with van der Waals surface area (Å²) in [5.74, 6) is -0.795. The van der Waals surface area contributed by atoms with Gasteiger partial charge >= 0.3 is 5.97 Å². The Balaban J connectivity index is 2.63. The van der Waals surface area contributed by atoms with Gasteiger partial charge in [0.05, 0.1) is 6.54 Å². The molecule has 1 heterocycles. The molecule has 0 aliphatic rings. The second kappa shape index (κ2) is 6.60. The van der Waals surface area contributed by atoms with Crippen LogP contribution >= 0.6 is 15.9 Å². The van der Waals surface area contributed by atoms with Crippen molar-refractivity contribution in [1.82, 2.24) is 9.88 Å². The largest absolute Gasteiger partial charge is 0.480 e. The van der Waals surface area contributed by atoms with Crippen molar-refractivity contribution in [3.8, 4) is 0 Å². The molecule has 4 nitrogen and oxygen atoms in total. The molecule has 1 rings (SSSR count). The Kier molecular flexibility index (Phi) is 5.42. The number of rotatable bonds is 6. The van der Waals surface area contributed by atoms with Crippen molar-refractivity contribution < 1.29 is 9.90 Å². The van der Waals surface area contributed by atoms with Gasteiger partial charge in [0, 0.05) is 23.4 Å². The van der Waals surface area contributed by atoms with Crippen molar-refractivity contribution in [3.05, 3.63) is 28.5 Å². The number of carbonyl (C=O) groups is 1. The third-order valence-corrected chi connectivity index (χ3v) is 2.50. The summed E-state index contributed by atoms with van der Waals surface area (Å²) in [4.78, 5) is 16.6. The Morgan fingerprint density at radius 2 is 2.31 bits per heavy atom. The fourth-order valence-electron chi connectivity index (χ4n) is 1.52. The highest BCUT2D eigenvalue weighted by atomic mass is 79.9. The molecule has 0 aliphatic carbocycles. The molecule has 88 valence electrons. The van der Waals surface area contributed by atoms with E-state index in [-0.39, 0.29) is 6.54 Å². The molecule has 0 atom stereocenters. The number of hydrogen-bond donors (Lipinski definition) is 1. The van der Waals surface area contributed by atoms with Crippen LogP contribution in [0.1, 0.15) is 18.9 Å². The highest BCUT2D eigenvalue weighted by Crippen LogP contribution is 2.11. The van der Waals surface area contributed by atoms with Crippen LogP contribution in [0.2, 0.25) is 0 Å². The molecule has 1 aromatic rings. The number of carboxylic acid groups (broad SMARTS) is 1. The third kappa shape index (κ3) is 4.72. The lowest BCUT2D eigenvalue weighted by molar-refractivity contribution is -0.138. The van der Waals surface area contributed by atoms with Gasteiger partial charge in [0.2, 0.25) is 0 Å². The van der Waals surface area contributed by atoms with E-state index >= 15 is 0 Å². The number of aliphatic carboxylic acids is 1. The first-order chi connectivity index (χ1) is 7.61. The molecular weight excluding hydrogens is 272 g/mol. The van der Waals surface area contributed by atoms with Crippen LogP contribution in [0.15, 0.2) is 22.9 Å². The van der Waals surface area contributed by atoms with Crippen LogP contribution in [0.4, 0.5) is 0 Å². The minimum absolute atomic E-state index is 0.0698. The molecule has 0 spiro atoms. The number of hydrogen-bond acceptors (Lipinski definition) is 3. The van der Waals surface area contributed by atoms with Gasteiger partial charge in [0.15, 0.2) is 0 Å². The minimum atomic E-state index is -0.795. The van der Waals surface area contributed by atoms with E-state index in [4.69, 9.17) is 5.11 Å². The van der Waals surface area contributed by atoms with Gasteiger partial charge in [0.25, 0.3) is 0 Å². The van der Waals surface area contributed by atoms with E-state index in [1.165, 1.54) is 0 Å². The van der Waals surface area contributed by atoms with Gasteiger partial charge in [-0.3, -0.25) is 14.7 Å². The number of halogens is 1. The van der Waals surface area contributed by atoms with Crippen LogP contribution in [0.25, 0.3) is 0 Å². The molecule has 0 saturated heterocycles. The van der Waals surface area contributed by atoms with Crippen molar-refractivity contribution in [1.29, 1.82) is 0 Å². The Bertz CT molecular complexity index is 358. The van der Waals surface area contributed by atoms with Crippen molar-refractivity contribution in [2.75, 3.05) is 13.1 Å². The maximum absolute atomic E-state index is 10.7. The molecule has 0 fully saturated rings. The normalized spacial score (nSPS) is 10.7. The number of pyridine rings is 1. The minimum Gasteiger partial charge on any atom is -0.480 e. The third-order valence-electron chi connectivity index (χ3n) is 2.07. The van der Waals surface area contributed by atoms with Crippen LogP contribution in [0, 0.1) is 0 Å². The smallest absolute Gasteiger partial charge is 0.317 e. The zero-order valence-electron chi connectivity index (χ0n) is 9.19. The molecule has 0 saturated carbocycles. The Hall–Kier alpha value is -0.940. The Morgan fingerprint density at radius 3 is 2.88 bits per heavy atom. The first-order valence-corrected chi connectivity index (χ1v) is 5.94. The highest BCUT2D eigenvalue weighted by Gasteiger charge is 2.09. The van der Waals surface area contributed by atoms with Crippen molar-refractivity contribution >= 4 is 21.9 Å². The number of carboxylic acids is 1. The fraction of sp³-hybridized carbons (Fsp3) is 0.455. The number of aromatic nitrogens is 1. The lowest BCUT2D eigenvalue weighted by Crippen LogP contribution is -2.30. The Morgan fingerprint density at radius 1 is 1.56 bits per heavy atom. The maximum atomic E-state index is 10.7. The van der Waals surface area contributed by atoms with E-state index in [0.29, 0.717) is 6.54 Å². The van der Waals surface area contributed by atoms with Crippen LogP contribution < -0.4 is 0 Å². The van der Waals surface area contributed by atoms with Gasteiger partial charge in [-0.1, -0.05) is 6.92 Å². The fourth-order valence-corrected chi connectivity index (χ4v) is 1.93. The van der Waals surface area contributed by atoms with E-state index < -0.39 is 5.97 Å². The van der Waals surface area contributed by atoms with Crippen LogP contribution in [-0.4, -0.2) is 34.0 Å². The predicted octanol–water partition coefficient (Wildman–Crippen LogP) is 2.14. The van der Waals surface area contributed by atoms with Crippen molar-refractivity contribution in [2.24, 2.45) is 0 Å².